The van der Waals surface area contributed by atoms with Crippen molar-refractivity contribution in [3.05, 3.63) is 17.6 Å². The largest absolute Gasteiger partial charge is 0.441 e. The summed E-state index contributed by atoms with van der Waals surface area (Å²) < 4.78 is 35.5. The molecule has 7 heteroatoms. The standard InChI is InChI=1S/C9H12F3N3S/c1-6-7(2)14-5-15-8(6)13-3-4-16-9(10,11)12/h5H,3-4H2,1-2H3,(H,13,14,15). The van der Waals surface area contributed by atoms with Gasteiger partial charge in [0.2, 0.25) is 0 Å². The van der Waals surface area contributed by atoms with Crippen LogP contribution in [0.2, 0.25) is 0 Å². The molecule has 1 heterocycles. The number of hydrogen-bond donors (Lipinski definition) is 1. The number of aromatic nitrogens is 2. The quantitative estimate of drug-likeness (QED) is 0.835. The number of thioether (sulfide) groups is 1. The van der Waals surface area contributed by atoms with Crippen LogP contribution in [0.15, 0.2) is 6.33 Å². The molecule has 0 aromatic carbocycles. The Morgan fingerprint density at radius 3 is 2.62 bits per heavy atom. The van der Waals surface area contributed by atoms with Crippen LogP contribution in [0.3, 0.4) is 0 Å². The van der Waals surface area contributed by atoms with Gasteiger partial charge in [-0.05, 0) is 25.6 Å². The number of halogens is 3. The van der Waals surface area contributed by atoms with Crippen molar-refractivity contribution in [3.63, 3.8) is 0 Å². The molecule has 1 N–H and O–H groups in total. The fraction of sp³-hybridized carbons (Fsp3) is 0.556. The Morgan fingerprint density at radius 2 is 2.00 bits per heavy atom. The molecule has 0 aliphatic heterocycles. The van der Waals surface area contributed by atoms with Crippen molar-refractivity contribution in [2.24, 2.45) is 0 Å². The molecule has 0 saturated heterocycles. The zero-order chi connectivity index (χ0) is 12.2. The van der Waals surface area contributed by atoms with Gasteiger partial charge in [-0.15, -0.1) is 0 Å². The normalized spacial score (nSPS) is 11.6. The number of rotatable bonds is 4. The van der Waals surface area contributed by atoms with Crippen molar-refractivity contribution in [1.29, 1.82) is 0 Å². The minimum atomic E-state index is -4.17. The van der Waals surface area contributed by atoms with E-state index < -0.39 is 5.51 Å². The summed E-state index contributed by atoms with van der Waals surface area (Å²) in [6, 6.07) is 0. The number of alkyl halides is 3. The molecule has 0 atom stereocenters. The van der Waals surface area contributed by atoms with Crippen LogP contribution >= 0.6 is 11.8 Å². The summed E-state index contributed by atoms with van der Waals surface area (Å²) in [5.41, 5.74) is -2.49. The summed E-state index contributed by atoms with van der Waals surface area (Å²) in [4.78, 5) is 7.93. The van der Waals surface area contributed by atoms with Crippen molar-refractivity contribution < 1.29 is 13.2 Å². The Bertz CT molecular complexity index is 354. The molecule has 0 aliphatic rings. The lowest BCUT2D eigenvalue weighted by Crippen LogP contribution is -2.11. The molecule has 3 nitrogen and oxygen atoms in total. The number of aryl methyl sites for hydroxylation is 1. The second kappa shape index (κ2) is 5.38. The smallest absolute Gasteiger partial charge is 0.369 e. The van der Waals surface area contributed by atoms with Gasteiger partial charge in [0.15, 0.2) is 0 Å². The van der Waals surface area contributed by atoms with E-state index in [2.05, 4.69) is 15.3 Å². The van der Waals surface area contributed by atoms with E-state index in [0.29, 0.717) is 5.82 Å². The predicted octanol–water partition coefficient (Wildman–Crippen LogP) is 2.76. The maximum atomic E-state index is 11.8. The van der Waals surface area contributed by atoms with E-state index in [-0.39, 0.29) is 24.1 Å². The molecule has 0 fully saturated rings. The van der Waals surface area contributed by atoms with Crippen molar-refractivity contribution in [1.82, 2.24) is 9.97 Å². The maximum Gasteiger partial charge on any atom is 0.441 e. The lowest BCUT2D eigenvalue weighted by atomic mass is 10.2. The van der Waals surface area contributed by atoms with Gasteiger partial charge in [-0.2, -0.15) is 13.2 Å². The van der Waals surface area contributed by atoms with E-state index in [1.165, 1.54) is 6.33 Å². The summed E-state index contributed by atoms with van der Waals surface area (Å²) in [5, 5.41) is 2.85. The van der Waals surface area contributed by atoms with Crippen LogP contribution in [0.1, 0.15) is 11.3 Å². The molecule has 0 aliphatic carbocycles. The zero-order valence-electron chi connectivity index (χ0n) is 8.93. The van der Waals surface area contributed by atoms with Gasteiger partial charge >= 0.3 is 5.51 Å². The maximum absolute atomic E-state index is 11.8. The van der Waals surface area contributed by atoms with Crippen LogP contribution in [0, 0.1) is 13.8 Å². The third-order valence-electron chi connectivity index (χ3n) is 2.00. The highest BCUT2D eigenvalue weighted by Gasteiger charge is 2.27. The first-order valence-corrected chi connectivity index (χ1v) is 5.61. The fourth-order valence-corrected chi connectivity index (χ4v) is 1.49. The summed E-state index contributed by atoms with van der Waals surface area (Å²) in [6.07, 6.45) is 1.39. The summed E-state index contributed by atoms with van der Waals surface area (Å²) >= 11 is -0.0430. The topological polar surface area (TPSA) is 37.8 Å². The second-order valence-electron chi connectivity index (χ2n) is 3.15. The number of hydrogen-bond acceptors (Lipinski definition) is 4. The van der Waals surface area contributed by atoms with E-state index in [1.54, 1.807) is 0 Å². The van der Waals surface area contributed by atoms with Crippen LogP contribution in [0.4, 0.5) is 19.0 Å². The number of nitrogens with one attached hydrogen (secondary N) is 1. The Morgan fingerprint density at radius 1 is 1.31 bits per heavy atom. The number of anilines is 1. The molecule has 0 saturated carbocycles. The molecule has 1 rings (SSSR count). The Kier molecular flexibility index (Phi) is 4.40. The highest BCUT2D eigenvalue weighted by atomic mass is 32.2. The Labute approximate surface area is 95.9 Å². The molecular weight excluding hydrogens is 239 g/mol. The molecule has 1 aromatic rings. The van der Waals surface area contributed by atoms with Crippen molar-refractivity contribution >= 4 is 17.6 Å². The van der Waals surface area contributed by atoms with E-state index in [4.69, 9.17) is 0 Å². The summed E-state index contributed by atoms with van der Waals surface area (Å²) in [5.74, 6) is 0.557. The first kappa shape index (κ1) is 13.1. The van der Waals surface area contributed by atoms with Crippen LogP contribution in [0.25, 0.3) is 0 Å². The molecule has 1 aromatic heterocycles. The van der Waals surface area contributed by atoms with E-state index >= 15 is 0 Å². The predicted molar refractivity (Wildman–Crippen MR) is 58.5 cm³/mol. The van der Waals surface area contributed by atoms with E-state index in [9.17, 15) is 13.2 Å². The van der Waals surface area contributed by atoms with Gasteiger partial charge in [-0.3, -0.25) is 0 Å². The Hall–Kier alpha value is -0.980. The minimum absolute atomic E-state index is 0.0357. The third-order valence-corrected chi connectivity index (χ3v) is 2.73. The first-order chi connectivity index (χ1) is 7.40. The SMILES string of the molecule is Cc1ncnc(NCCSC(F)(F)F)c1C. The highest BCUT2D eigenvalue weighted by molar-refractivity contribution is 8.00. The fourth-order valence-electron chi connectivity index (χ4n) is 1.05. The van der Waals surface area contributed by atoms with Gasteiger partial charge < -0.3 is 5.32 Å². The van der Waals surface area contributed by atoms with Crippen LogP contribution in [-0.4, -0.2) is 27.8 Å². The molecule has 0 bridgehead atoms. The zero-order valence-corrected chi connectivity index (χ0v) is 9.74. The van der Waals surface area contributed by atoms with E-state index in [0.717, 1.165) is 11.3 Å². The van der Waals surface area contributed by atoms with Gasteiger partial charge in [0, 0.05) is 23.6 Å². The van der Waals surface area contributed by atoms with Gasteiger partial charge in [0.25, 0.3) is 0 Å². The van der Waals surface area contributed by atoms with Crippen LogP contribution < -0.4 is 5.32 Å². The molecular formula is C9H12F3N3S. The second-order valence-corrected chi connectivity index (χ2v) is 4.31. The van der Waals surface area contributed by atoms with Gasteiger partial charge in [0.05, 0.1) is 0 Å². The van der Waals surface area contributed by atoms with Crippen molar-refractivity contribution in [2.45, 2.75) is 19.4 Å². The molecule has 0 spiro atoms. The van der Waals surface area contributed by atoms with Gasteiger partial charge in [-0.1, -0.05) is 0 Å². The average molecular weight is 251 g/mol. The molecule has 16 heavy (non-hydrogen) atoms. The molecule has 0 radical (unpaired) electrons. The van der Waals surface area contributed by atoms with Gasteiger partial charge in [-0.25, -0.2) is 9.97 Å². The summed E-state index contributed by atoms with van der Waals surface area (Å²) in [7, 11) is 0. The lowest BCUT2D eigenvalue weighted by molar-refractivity contribution is -0.0327. The van der Waals surface area contributed by atoms with Crippen LogP contribution in [0.5, 0.6) is 0 Å². The number of nitrogens with zero attached hydrogens (tertiary/aromatic N) is 2. The highest BCUT2D eigenvalue weighted by Crippen LogP contribution is 2.29. The van der Waals surface area contributed by atoms with Crippen LogP contribution in [-0.2, 0) is 0 Å². The average Bonchev–Trinajstić information content (AvgIpc) is 2.17. The van der Waals surface area contributed by atoms with Gasteiger partial charge in [0.1, 0.15) is 12.1 Å². The molecule has 90 valence electrons. The Balaban J connectivity index is 2.41. The molecule has 0 amide bonds. The first-order valence-electron chi connectivity index (χ1n) is 4.63. The monoisotopic (exact) mass is 251 g/mol. The third kappa shape index (κ3) is 4.26. The summed E-state index contributed by atoms with van der Waals surface area (Å²) in [6.45, 7) is 3.88. The molecule has 0 unspecified atom stereocenters. The minimum Gasteiger partial charge on any atom is -0.369 e. The lowest BCUT2D eigenvalue weighted by Gasteiger charge is -2.10. The van der Waals surface area contributed by atoms with Crippen molar-refractivity contribution in [3.8, 4) is 0 Å². The van der Waals surface area contributed by atoms with Crippen molar-refractivity contribution in [2.75, 3.05) is 17.6 Å². The van der Waals surface area contributed by atoms with E-state index in [1.807, 2.05) is 13.8 Å².